The third-order valence-corrected chi connectivity index (χ3v) is 1.55. The van der Waals surface area contributed by atoms with Crippen molar-refractivity contribution in [2.45, 2.75) is 6.61 Å². The summed E-state index contributed by atoms with van der Waals surface area (Å²) in [6, 6.07) is 10.1. The third-order valence-electron chi connectivity index (χ3n) is 1.31. The van der Waals surface area contributed by atoms with Crippen LogP contribution in [0.1, 0.15) is 5.56 Å². The quantitative estimate of drug-likeness (QED) is 0.454. The van der Waals surface area contributed by atoms with Crippen molar-refractivity contribution in [2.75, 3.05) is 0 Å². The molecule has 0 bridgehead atoms. The van der Waals surface area contributed by atoms with Crippen LogP contribution >= 0.6 is 0 Å². The average Bonchev–Trinajstić information content (AvgIpc) is 2.07. The molecule has 1 aromatic rings. The smallest absolute Gasteiger partial charge is 0.426 e. The largest absolute Gasteiger partial charge is 0.464 e. The molecule has 0 saturated heterocycles. The van der Waals surface area contributed by atoms with Gasteiger partial charge in [0.15, 0.2) is 0 Å². The van der Waals surface area contributed by atoms with Gasteiger partial charge in [0.25, 0.3) is 0 Å². The lowest BCUT2D eigenvalue weighted by atomic mass is 10.2. The first-order chi connectivity index (χ1) is 5.43. The molecule has 0 radical (unpaired) electrons. The standard InChI is InChI=1S/C7H11BO2Si/c11-10-8-9-6-7-4-2-1-3-5-7/h1-5,8H,6H2,11H3. The van der Waals surface area contributed by atoms with Crippen LogP contribution in [0.2, 0.25) is 0 Å². The van der Waals surface area contributed by atoms with Crippen LogP contribution in [0, 0.1) is 0 Å². The molecule has 58 valence electrons. The van der Waals surface area contributed by atoms with Crippen LogP contribution in [0.15, 0.2) is 30.3 Å². The Kier molecular flexibility index (Phi) is 3.97. The minimum absolute atomic E-state index is 0.418. The van der Waals surface area contributed by atoms with E-state index in [1.807, 2.05) is 30.3 Å². The van der Waals surface area contributed by atoms with Gasteiger partial charge in [0, 0.05) is 0 Å². The zero-order valence-electron chi connectivity index (χ0n) is 6.62. The second-order valence-electron chi connectivity index (χ2n) is 2.24. The summed E-state index contributed by atoms with van der Waals surface area (Å²) < 4.78 is 10.1. The zero-order valence-corrected chi connectivity index (χ0v) is 8.62. The molecule has 0 aliphatic carbocycles. The van der Waals surface area contributed by atoms with Crippen molar-refractivity contribution >= 4 is 18.2 Å². The molecule has 4 heteroatoms. The van der Waals surface area contributed by atoms with Gasteiger partial charge in [0.1, 0.15) is 10.5 Å². The molecule has 0 aliphatic heterocycles. The van der Waals surface area contributed by atoms with Crippen LogP contribution in [-0.2, 0) is 15.6 Å². The Labute approximate surface area is 70.4 Å². The van der Waals surface area contributed by atoms with E-state index in [2.05, 4.69) is 0 Å². The van der Waals surface area contributed by atoms with Crippen LogP contribution in [0.25, 0.3) is 0 Å². The molecule has 0 amide bonds. The maximum atomic E-state index is 5.18. The van der Waals surface area contributed by atoms with Crippen molar-refractivity contribution in [3.05, 3.63) is 35.9 Å². The van der Waals surface area contributed by atoms with Crippen molar-refractivity contribution in [3.8, 4) is 0 Å². The molecule has 0 atom stereocenters. The van der Waals surface area contributed by atoms with Crippen LogP contribution < -0.4 is 0 Å². The van der Waals surface area contributed by atoms with Gasteiger partial charge in [-0.2, -0.15) is 0 Å². The molecule has 0 N–H and O–H groups in total. The van der Waals surface area contributed by atoms with E-state index in [0.29, 0.717) is 14.3 Å². The lowest BCUT2D eigenvalue weighted by Crippen LogP contribution is -2.01. The Bertz CT molecular complexity index is 193. The van der Waals surface area contributed by atoms with Gasteiger partial charge in [-0.15, -0.1) is 0 Å². The van der Waals surface area contributed by atoms with Crippen LogP contribution in [0.5, 0.6) is 0 Å². The van der Waals surface area contributed by atoms with E-state index in [-0.39, 0.29) is 0 Å². The highest BCUT2D eigenvalue weighted by molar-refractivity contribution is 6.27. The molecule has 0 spiro atoms. The molecule has 0 heterocycles. The van der Waals surface area contributed by atoms with E-state index in [0.717, 1.165) is 10.5 Å². The van der Waals surface area contributed by atoms with Gasteiger partial charge in [-0.3, -0.25) is 0 Å². The Hall–Kier alpha value is -0.578. The summed E-state index contributed by atoms with van der Waals surface area (Å²) in [5, 5.41) is 0. The van der Waals surface area contributed by atoms with Gasteiger partial charge < -0.3 is 9.00 Å². The van der Waals surface area contributed by atoms with Crippen molar-refractivity contribution in [2.24, 2.45) is 0 Å². The summed E-state index contributed by atoms with van der Waals surface area (Å²) in [5.41, 5.74) is 1.19. The van der Waals surface area contributed by atoms with Gasteiger partial charge >= 0.3 is 7.69 Å². The normalized spacial score (nSPS) is 9.82. The third kappa shape index (κ3) is 3.36. The summed E-state index contributed by atoms with van der Waals surface area (Å²) in [6.45, 7) is 0.642. The first-order valence-corrected chi connectivity index (χ1v) is 4.36. The van der Waals surface area contributed by atoms with E-state index in [1.165, 1.54) is 5.56 Å². The molecule has 1 aromatic carbocycles. The van der Waals surface area contributed by atoms with Gasteiger partial charge in [0.05, 0.1) is 6.61 Å². The number of benzene rings is 1. The lowest BCUT2D eigenvalue weighted by molar-refractivity contribution is 0.283. The molecule has 2 nitrogen and oxygen atoms in total. The van der Waals surface area contributed by atoms with Crippen molar-refractivity contribution in [3.63, 3.8) is 0 Å². The fraction of sp³-hybridized carbons (Fsp3) is 0.143. The summed E-state index contributed by atoms with van der Waals surface area (Å²) >= 11 is 0. The van der Waals surface area contributed by atoms with Gasteiger partial charge in [0.2, 0.25) is 0 Å². The summed E-state index contributed by atoms with van der Waals surface area (Å²) in [5.74, 6) is 0. The second kappa shape index (κ2) is 5.12. The predicted molar refractivity (Wildman–Crippen MR) is 49.4 cm³/mol. The fourth-order valence-electron chi connectivity index (χ4n) is 0.817. The van der Waals surface area contributed by atoms with E-state index in [1.54, 1.807) is 0 Å². The monoisotopic (exact) mass is 166 g/mol. The average molecular weight is 166 g/mol. The number of hydrogen-bond donors (Lipinski definition) is 0. The lowest BCUT2D eigenvalue weighted by Gasteiger charge is -2.00. The Morgan fingerprint density at radius 3 is 2.64 bits per heavy atom. The van der Waals surface area contributed by atoms with Gasteiger partial charge in [-0.1, -0.05) is 30.3 Å². The van der Waals surface area contributed by atoms with E-state index in [4.69, 9.17) is 9.00 Å². The molecule has 0 aromatic heterocycles. The van der Waals surface area contributed by atoms with Crippen LogP contribution in [-0.4, -0.2) is 18.2 Å². The van der Waals surface area contributed by atoms with Gasteiger partial charge in [-0.25, -0.2) is 0 Å². The molecular weight excluding hydrogens is 155 g/mol. The number of hydrogen-bond acceptors (Lipinski definition) is 2. The predicted octanol–water partition coefficient (Wildman–Crippen LogP) is -0.233. The molecule has 0 aliphatic rings. The van der Waals surface area contributed by atoms with Crippen LogP contribution in [0.4, 0.5) is 0 Å². The minimum Gasteiger partial charge on any atom is -0.464 e. The first kappa shape index (κ1) is 8.52. The van der Waals surface area contributed by atoms with Crippen molar-refractivity contribution in [1.29, 1.82) is 0 Å². The topological polar surface area (TPSA) is 18.5 Å². The summed E-state index contributed by atoms with van der Waals surface area (Å²) in [7, 11) is 1.16. The van der Waals surface area contributed by atoms with Gasteiger partial charge in [-0.05, 0) is 5.56 Å². The molecule has 0 saturated carbocycles. The van der Waals surface area contributed by atoms with Crippen LogP contribution in [0.3, 0.4) is 0 Å². The Balaban J connectivity index is 2.28. The Morgan fingerprint density at radius 2 is 2.00 bits per heavy atom. The number of rotatable bonds is 4. The first-order valence-electron chi connectivity index (χ1n) is 3.54. The Morgan fingerprint density at radius 1 is 1.27 bits per heavy atom. The maximum absolute atomic E-state index is 5.18. The summed E-state index contributed by atoms with van der Waals surface area (Å²) in [4.78, 5) is 0. The zero-order chi connectivity index (χ0) is 7.94. The second-order valence-corrected chi connectivity index (χ2v) is 2.82. The highest BCUT2D eigenvalue weighted by atomic mass is 28.2. The fourth-order valence-corrected chi connectivity index (χ4v) is 0.984. The molecule has 0 fully saturated rings. The highest BCUT2D eigenvalue weighted by Gasteiger charge is 1.90. The molecule has 0 unspecified atom stereocenters. The SMILES string of the molecule is [SiH3]OBOCc1ccccc1. The highest BCUT2D eigenvalue weighted by Crippen LogP contribution is 1.98. The van der Waals surface area contributed by atoms with Crippen molar-refractivity contribution < 1.29 is 9.00 Å². The molecular formula is C7H11BO2Si. The molecule has 11 heavy (non-hydrogen) atoms. The van der Waals surface area contributed by atoms with E-state index < -0.39 is 0 Å². The molecule has 1 rings (SSSR count). The minimum atomic E-state index is 0.418. The maximum Gasteiger partial charge on any atom is 0.426 e. The van der Waals surface area contributed by atoms with E-state index >= 15 is 0 Å². The summed E-state index contributed by atoms with van der Waals surface area (Å²) in [6.07, 6.45) is 0. The van der Waals surface area contributed by atoms with E-state index in [9.17, 15) is 0 Å². The van der Waals surface area contributed by atoms with Crippen molar-refractivity contribution in [1.82, 2.24) is 0 Å².